The van der Waals surface area contributed by atoms with Crippen LogP contribution in [0.5, 0.6) is 0 Å². The molecule has 2 aliphatic heterocycles. The van der Waals surface area contributed by atoms with Crippen molar-refractivity contribution in [3.63, 3.8) is 0 Å². The minimum absolute atomic E-state index is 0.101. The molecule has 0 radical (unpaired) electrons. The molecule has 0 spiro atoms. The largest absolute Gasteiger partial charge is 0.357 e. The molecule has 2 aromatic heterocycles. The predicted molar refractivity (Wildman–Crippen MR) is 176 cm³/mol. The third-order valence-electron chi connectivity index (χ3n) is 9.14. The number of carbonyl (C=O) groups is 3. The summed E-state index contributed by atoms with van der Waals surface area (Å²) < 4.78 is 30.0. The quantitative estimate of drug-likeness (QED) is 0.117. The summed E-state index contributed by atoms with van der Waals surface area (Å²) >= 11 is 0. The molecule has 0 aliphatic carbocycles. The zero-order chi connectivity index (χ0) is 33.1. The lowest BCUT2D eigenvalue weighted by Gasteiger charge is -2.22. The molecule has 47 heavy (non-hydrogen) atoms. The summed E-state index contributed by atoms with van der Waals surface area (Å²) in [5, 5.41) is 3.58. The number of likely N-dealkylation sites (tertiary alicyclic amines) is 1. The zero-order valence-corrected chi connectivity index (χ0v) is 26.5. The molecule has 2 aliphatic rings. The summed E-state index contributed by atoms with van der Waals surface area (Å²) in [6.07, 6.45) is 6.97. The number of hydrogen-bond acceptors (Lipinski definition) is 5. The maximum absolute atomic E-state index is 15.0. The first kappa shape index (κ1) is 32.1. The van der Waals surface area contributed by atoms with Crippen molar-refractivity contribution in [2.45, 2.75) is 70.5 Å². The molecular weight excluding hydrogens is 600 g/mol. The minimum atomic E-state index is -0.794. The van der Waals surface area contributed by atoms with Crippen molar-refractivity contribution in [2.75, 3.05) is 18.9 Å². The molecule has 8 nitrogen and oxygen atoms in total. The van der Waals surface area contributed by atoms with E-state index < -0.39 is 23.6 Å². The van der Waals surface area contributed by atoms with Crippen LogP contribution >= 0.6 is 0 Å². The molecule has 4 heterocycles. The molecule has 2 N–H and O–H groups in total. The summed E-state index contributed by atoms with van der Waals surface area (Å²) in [5.41, 5.74) is 3.74. The number of aromatic amines is 1. The van der Waals surface area contributed by atoms with Crippen LogP contribution in [0.15, 0.2) is 48.7 Å². The number of carbonyl (C=O) groups excluding carboxylic acids is 3. The highest BCUT2D eigenvalue weighted by Gasteiger charge is 2.33. The third kappa shape index (κ3) is 6.67. The highest BCUT2D eigenvalue weighted by Crippen LogP contribution is 2.32. The zero-order valence-electron chi connectivity index (χ0n) is 26.5. The second-order valence-electron chi connectivity index (χ2n) is 12.3. The van der Waals surface area contributed by atoms with Gasteiger partial charge in [0.25, 0.3) is 11.8 Å². The number of pyridine rings is 1. The van der Waals surface area contributed by atoms with Crippen molar-refractivity contribution >= 4 is 34.8 Å². The Hall–Kier alpha value is -4.88. The topological polar surface area (TPSA) is 98.4 Å². The molecule has 2 unspecified atom stereocenters. The summed E-state index contributed by atoms with van der Waals surface area (Å²) in [5.74, 6) is 4.02. The van der Waals surface area contributed by atoms with Gasteiger partial charge in [0.05, 0.1) is 11.6 Å². The molecule has 0 saturated carbocycles. The van der Waals surface area contributed by atoms with Gasteiger partial charge in [-0.25, -0.2) is 13.8 Å². The molecule has 2 aromatic carbocycles. The molecule has 0 bridgehead atoms. The fourth-order valence-electron chi connectivity index (χ4n) is 6.60. The molecule has 1 fully saturated rings. The molecule has 4 aromatic rings. The lowest BCUT2D eigenvalue weighted by Crippen LogP contribution is -2.36. The molecule has 10 heteroatoms. The maximum Gasteiger partial charge on any atom is 0.257 e. The van der Waals surface area contributed by atoms with Crippen molar-refractivity contribution in [3.8, 4) is 11.8 Å². The number of anilines is 1. The normalized spacial score (nSPS) is 16.6. The first-order valence-electron chi connectivity index (χ1n) is 16.1. The smallest absolute Gasteiger partial charge is 0.257 e. The van der Waals surface area contributed by atoms with Gasteiger partial charge in [0.1, 0.15) is 23.7 Å². The Bertz CT molecular complexity index is 1890. The van der Waals surface area contributed by atoms with E-state index in [0.717, 1.165) is 66.4 Å². The van der Waals surface area contributed by atoms with Gasteiger partial charge in [0, 0.05) is 64.6 Å². The summed E-state index contributed by atoms with van der Waals surface area (Å²) in [7, 11) is 2.10. The second-order valence-corrected chi connectivity index (χ2v) is 12.3. The standard InChI is InChI=1S/C37H37F2N5O3/c1-3-9-26(22-45)44-21-29-23(11-7-13-27(29)37(44)47)10-5-4-6-12-28-30(38)16-24(17-31(28)39)36(46)42-35-19-32-25(20-40-35)18-33(41-32)34-14-8-15-43(34)2/h7,11,13,16-20,22,26,34,41H,3-4,6,8-9,12,14-15,21H2,1-2H3,(H,40,42,46). The van der Waals surface area contributed by atoms with Gasteiger partial charge in [-0.05, 0) is 81.6 Å². The average molecular weight is 638 g/mol. The Balaban J connectivity index is 1.06. The molecule has 6 rings (SSSR count). The summed E-state index contributed by atoms with van der Waals surface area (Å²) in [4.78, 5) is 49.0. The number of H-pyrrole nitrogens is 1. The number of benzene rings is 2. The molecular formula is C37H37F2N5O3. The van der Waals surface area contributed by atoms with Crippen LogP contribution in [0, 0.1) is 23.5 Å². The van der Waals surface area contributed by atoms with E-state index in [-0.39, 0.29) is 29.3 Å². The van der Waals surface area contributed by atoms with E-state index in [1.54, 1.807) is 29.3 Å². The number of fused-ring (bicyclic) bond motifs is 2. The molecule has 242 valence electrons. The second kappa shape index (κ2) is 13.9. The Labute approximate surface area is 272 Å². The Morgan fingerprint density at radius 3 is 2.74 bits per heavy atom. The summed E-state index contributed by atoms with van der Waals surface area (Å²) in [6, 6.07) is 11.1. The van der Waals surface area contributed by atoms with Crippen LogP contribution in [0.2, 0.25) is 0 Å². The van der Waals surface area contributed by atoms with Crippen LogP contribution in [0.3, 0.4) is 0 Å². The van der Waals surface area contributed by atoms with Crippen LogP contribution in [0.1, 0.15) is 94.6 Å². The van der Waals surface area contributed by atoms with Gasteiger partial charge < -0.3 is 20.0 Å². The van der Waals surface area contributed by atoms with Gasteiger partial charge in [-0.2, -0.15) is 0 Å². The fraction of sp³-hybridized carbons (Fsp3) is 0.351. The first-order chi connectivity index (χ1) is 22.8. The first-order valence-corrected chi connectivity index (χ1v) is 16.1. The number of hydrogen-bond donors (Lipinski definition) is 2. The van der Waals surface area contributed by atoms with Crippen LogP contribution in [-0.2, 0) is 17.8 Å². The average Bonchev–Trinajstić information content (AvgIpc) is 3.77. The molecule has 1 saturated heterocycles. The van der Waals surface area contributed by atoms with E-state index in [2.05, 4.69) is 45.1 Å². The van der Waals surface area contributed by atoms with Gasteiger partial charge in [-0.1, -0.05) is 31.3 Å². The van der Waals surface area contributed by atoms with Crippen molar-refractivity contribution in [1.82, 2.24) is 19.8 Å². The number of aromatic nitrogens is 2. The van der Waals surface area contributed by atoms with Crippen molar-refractivity contribution in [3.05, 3.63) is 93.8 Å². The van der Waals surface area contributed by atoms with Gasteiger partial charge >= 0.3 is 0 Å². The SMILES string of the molecule is CCCC(C=O)N1Cc2c(C#CCCCc3c(F)cc(C(=O)Nc4cc5[nH]c(C6CCCN6C)cc5cn4)cc3F)cccc2C1=O. The number of unbranched alkanes of at least 4 members (excludes halogenated alkanes) is 1. The van der Waals surface area contributed by atoms with Gasteiger partial charge in [-0.3, -0.25) is 14.5 Å². The van der Waals surface area contributed by atoms with Gasteiger partial charge in [0.15, 0.2) is 0 Å². The Kier molecular flexibility index (Phi) is 9.45. The molecule has 2 amide bonds. The van der Waals surface area contributed by atoms with Crippen molar-refractivity contribution < 1.29 is 23.2 Å². The van der Waals surface area contributed by atoms with E-state index in [1.807, 2.05) is 13.0 Å². The molecule has 2 atom stereocenters. The van der Waals surface area contributed by atoms with E-state index in [4.69, 9.17) is 0 Å². The van der Waals surface area contributed by atoms with Crippen LogP contribution in [0.25, 0.3) is 10.9 Å². The van der Waals surface area contributed by atoms with E-state index >= 15 is 8.78 Å². The van der Waals surface area contributed by atoms with Crippen LogP contribution in [-0.4, -0.2) is 57.5 Å². The fourth-order valence-corrected chi connectivity index (χ4v) is 6.60. The number of nitrogens with zero attached hydrogens (tertiary/aromatic N) is 3. The van der Waals surface area contributed by atoms with Crippen LogP contribution in [0.4, 0.5) is 14.6 Å². The lowest BCUT2D eigenvalue weighted by molar-refractivity contribution is -0.112. The van der Waals surface area contributed by atoms with Gasteiger partial charge in [-0.15, -0.1) is 0 Å². The van der Waals surface area contributed by atoms with Crippen molar-refractivity contribution in [2.24, 2.45) is 0 Å². The predicted octanol–water partition coefficient (Wildman–Crippen LogP) is 6.56. The monoisotopic (exact) mass is 637 g/mol. The maximum atomic E-state index is 15.0. The number of nitrogens with one attached hydrogen (secondary N) is 2. The Morgan fingerprint density at radius 2 is 2.02 bits per heavy atom. The van der Waals surface area contributed by atoms with E-state index in [0.29, 0.717) is 43.0 Å². The van der Waals surface area contributed by atoms with Gasteiger partial charge in [0.2, 0.25) is 0 Å². The third-order valence-corrected chi connectivity index (χ3v) is 9.14. The lowest BCUT2D eigenvalue weighted by atomic mass is 10.0. The highest BCUT2D eigenvalue weighted by atomic mass is 19.1. The van der Waals surface area contributed by atoms with E-state index in [9.17, 15) is 14.4 Å². The number of halogens is 2. The highest BCUT2D eigenvalue weighted by molar-refractivity contribution is 6.04. The summed E-state index contributed by atoms with van der Waals surface area (Å²) in [6.45, 7) is 3.34. The number of amides is 2. The number of rotatable bonds is 10. The van der Waals surface area contributed by atoms with E-state index in [1.165, 1.54) is 0 Å². The minimum Gasteiger partial charge on any atom is -0.357 e. The Morgan fingerprint density at radius 1 is 1.21 bits per heavy atom. The van der Waals surface area contributed by atoms with Crippen LogP contribution < -0.4 is 5.32 Å². The number of aldehydes is 1. The van der Waals surface area contributed by atoms with Crippen molar-refractivity contribution in [1.29, 1.82) is 0 Å².